The first-order chi connectivity index (χ1) is 9.72. The maximum atomic E-state index is 12.4. The third-order valence-electron chi connectivity index (χ3n) is 3.39. The van der Waals surface area contributed by atoms with Gasteiger partial charge in [-0.15, -0.1) is 17.0 Å². The Kier molecular flexibility index (Phi) is 5.03. The lowest BCUT2D eigenvalue weighted by atomic mass is 10.0. The predicted molar refractivity (Wildman–Crippen MR) is 90.8 cm³/mol. The molecule has 4 nitrogen and oxygen atoms in total. The van der Waals surface area contributed by atoms with Crippen molar-refractivity contribution < 1.29 is 9.59 Å². The molecule has 1 saturated heterocycles. The van der Waals surface area contributed by atoms with Crippen LogP contribution in [0.4, 0.5) is 4.79 Å². The Bertz CT molecular complexity index is 687. The molecular weight excluding hydrogens is 352 g/mol. The van der Waals surface area contributed by atoms with Crippen molar-refractivity contribution >= 4 is 50.7 Å². The van der Waals surface area contributed by atoms with E-state index in [4.69, 9.17) is 5.73 Å². The van der Waals surface area contributed by atoms with Crippen LogP contribution in [0.1, 0.15) is 10.8 Å². The topological polar surface area (TPSA) is 63.4 Å². The van der Waals surface area contributed by atoms with Gasteiger partial charge in [-0.2, -0.15) is 0 Å². The molecule has 110 valence electrons. The molecule has 0 saturated carbocycles. The Morgan fingerprint density at radius 3 is 2.57 bits per heavy atom. The third kappa shape index (κ3) is 2.84. The summed E-state index contributed by atoms with van der Waals surface area (Å²) in [5.41, 5.74) is 6.35. The number of amides is 2. The van der Waals surface area contributed by atoms with Crippen molar-refractivity contribution in [3.8, 4) is 0 Å². The van der Waals surface area contributed by atoms with Crippen molar-refractivity contribution in [2.24, 2.45) is 5.73 Å². The number of carbonyl (C=O) groups is 2. The highest BCUT2D eigenvalue weighted by molar-refractivity contribution is 8.93. The summed E-state index contributed by atoms with van der Waals surface area (Å²) in [5, 5.41) is 1.42. The molecule has 1 fully saturated rings. The van der Waals surface area contributed by atoms with Gasteiger partial charge in [0.1, 0.15) is 5.25 Å². The zero-order chi connectivity index (χ0) is 14.1. The standard InChI is InChI=1S/C15H14N2O2S.BrH/c16-8-9-17-14(18)13(20-15(17)19)12-7-3-5-10-4-1-2-6-11(10)12;/h1-7,13H,8-9,16H2;1H. The van der Waals surface area contributed by atoms with Gasteiger partial charge in [-0.25, -0.2) is 0 Å². The predicted octanol–water partition coefficient (Wildman–Crippen LogP) is 3.11. The van der Waals surface area contributed by atoms with Crippen LogP contribution >= 0.6 is 28.7 Å². The minimum Gasteiger partial charge on any atom is -0.329 e. The number of fused-ring (bicyclic) bond motifs is 1. The molecule has 0 aliphatic carbocycles. The maximum absolute atomic E-state index is 12.4. The van der Waals surface area contributed by atoms with Gasteiger partial charge in [-0.3, -0.25) is 14.5 Å². The number of nitrogens with zero attached hydrogens (tertiary/aromatic N) is 1. The average Bonchev–Trinajstić information content (AvgIpc) is 2.75. The molecule has 1 heterocycles. The lowest BCUT2D eigenvalue weighted by molar-refractivity contribution is -0.126. The summed E-state index contributed by atoms with van der Waals surface area (Å²) in [6, 6.07) is 13.7. The van der Waals surface area contributed by atoms with Crippen molar-refractivity contribution in [3.05, 3.63) is 48.0 Å². The first-order valence-electron chi connectivity index (χ1n) is 6.42. The molecule has 2 aromatic carbocycles. The van der Waals surface area contributed by atoms with Crippen LogP contribution in [-0.4, -0.2) is 29.1 Å². The second kappa shape index (κ2) is 6.60. The number of hydrogen-bond acceptors (Lipinski definition) is 4. The second-order valence-electron chi connectivity index (χ2n) is 4.61. The molecular formula is C15H15BrN2O2S. The molecule has 2 aromatic rings. The Labute approximate surface area is 137 Å². The number of imide groups is 1. The van der Waals surface area contributed by atoms with Gasteiger partial charge in [0.2, 0.25) is 5.91 Å². The lowest BCUT2D eigenvalue weighted by Crippen LogP contribution is -2.34. The van der Waals surface area contributed by atoms with E-state index in [9.17, 15) is 9.59 Å². The Morgan fingerprint density at radius 1 is 1.10 bits per heavy atom. The quantitative estimate of drug-likeness (QED) is 0.906. The normalized spacial score (nSPS) is 18.1. The molecule has 3 rings (SSSR count). The molecule has 0 spiro atoms. The van der Waals surface area contributed by atoms with E-state index in [1.165, 1.54) is 4.90 Å². The molecule has 1 aliphatic heterocycles. The van der Waals surface area contributed by atoms with Crippen LogP contribution in [-0.2, 0) is 4.79 Å². The van der Waals surface area contributed by atoms with Gasteiger partial charge >= 0.3 is 0 Å². The molecule has 0 radical (unpaired) electrons. The maximum Gasteiger partial charge on any atom is 0.289 e. The zero-order valence-corrected chi connectivity index (χ0v) is 13.7. The Hall–Kier alpha value is -1.37. The van der Waals surface area contributed by atoms with E-state index in [-0.39, 0.29) is 34.7 Å². The first-order valence-corrected chi connectivity index (χ1v) is 7.30. The van der Waals surface area contributed by atoms with Crippen molar-refractivity contribution in [2.75, 3.05) is 13.1 Å². The molecule has 2 N–H and O–H groups in total. The lowest BCUT2D eigenvalue weighted by Gasteiger charge is -2.13. The molecule has 1 atom stereocenters. The van der Waals surface area contributed by atoms with E-state index < -0.39 is 5.25 Å². The van der Waals surface area contributed by atoms with E-state index in [0.29, 0.717) is 6.54 Å². The van der Waals surface area contributed by atoms with Crippen molar-refractivity contribution in [2.45, 2.75) is 5.25 Å². The summed E-state index contributed by atoms with van der Waals surface area (Å²) in [5.74, 6) is -0.165. The molecule has 21 heavy (non-hydrogen) atoms. The van der Waals surface area contributed by atoms with E-state index >= 15 is 0 Å². The number of hydrogen-bond donors (Lipinski definition) is 1. The van der Waals surface area contributed by atoms with Crippen LogP contribution in [0.2, 0.25) is 0 Å². The van der Waals surface area contributed by atoms with Gasteiger partial charge in [-0.05, 0) is 28.1 Å². The summed E-state index contributed by atoms with van der Waals surface area (Å²) < 4.78 is 0. The molecule has 0 aromatic heterocycles. The van der Waals surface area contributed by atoms with Crippen LogP contribution in [0.25, 0.3) is 10.8 Å². The highest BCUT2D eigenvalue weighted by atomic mass is 79.9. The highest BCUT2D eigenvalue weighted by Crippen LogP contribution is 2.41. The van der Waals surface area contributed by atoms with Crippen LogP contribution in [0.3, 0.4) is 0 Å². The second-order valence-corrected chi connectivity index (χ2v) is 5.67. The SMILES string of the molecule is Br.NCCN1C(=O)SC(c2cccc3ccccc23)C1=O. The molecule has 0 bridgehead atoms. The number of thioether (sulfide) groups is 1. The number of nitrogens with two attached hydrogens (primary N) is 1. The van der Waals surface area contributed by atoms with Gasteiger partial charge in [0.25, 0.3) is 5.24 Å². The van der Waals surface area contributed by atoms with E-state index in [1.807, 2.05) is 42.5 Å². The number of benzene rings is 2. The smallest absolute Gasteiger partial charge is 0.289 e. The Morgan fingerprint density at radius 2 is 1.81 bits per heavy atom. The third-order valence-corrected chi connectivity index (χ3v) is 4.50. The summed E-state index contributed by atoms with van der Waals surface area (Å²) in [6.45, 7) is 0.576. The molecule has 1 unspecified atom stereocenters. The number of halogens is 1. The van der Waals surface area contributed by atoms with E-state index in [1.54, 1.807) is 0 Å². The van der Waals surface area contributed by atoms with Crippen molar-refractivity contribution in [3.63, 3.8) is 0 Å². The Balaban J connectivity index is 0.00000161. The van der Waals surface area contributed by atoms with Crippen molar-refractivity contribution in [1.29, 1.82) is 0 Å². The summed E-state index contributed by atoms with van der Waals surface area (Å²) in [4.78, 5) is 25.5. The number of carbonyl (C=O) groups excluding carboxylic acids is 2. The molecule has 1 aliphatic rings. The molecule has 6 heteroatoms. The summed E-state index contributed by atoms with van der Waals surface area (Å²) in [7, 11) is 0. The fraction of sp³-hybridized carbons (Fsp3) is 0.200. The van der Waals surface area contributed by atoms with Gasteiger partial charge in [-0.1, -0.05) is 42.5 Å². The van der Waals surface area contributed by atoms with Crippen LogP contribution in [0, 0.1) is 0 Å². The van der Waals surface area contributed by atoms with Gasteiger partial charge in [0.05, 0.1) is 0 Å². The van der Waals surface area contributed by atoms with Gasteiger partial charge in [0, 0.05) is 13.1 Å². The fourth-order valence-electron chi connectivity index (χ4n) is 2.45. The summed E-state index contributed by atoms with van der Waals surface area (Å²) in [6.07, 6.45) is 0. The van der Waals surface area contributed by atoms with Crippen LogP contribution < -0.4 is 5.73 Å². The van der Waals surface area contributed by atoms with Crippen LogP contribution in [0.5, 0.6) is 0 Å². The highest BCUT2D eigenvalue weighted by Gasteiger charge is 2.40. The molecule has 2 amide bonds. The zero-order valence-electron chi connectivity index (χ0n) is 11.2. The summed E-state index contributed by atoms with van der Waals surface area (Å²) >= 11 is 1.07. The monoisotopic (exact) mass is 366 g/mol. The minimum atomic E-state index is -0.458. The minimum absolute atomic E-state index is 0. The average molecular weight is 367 g/mol. The van der Waals surface area contributed by atoms with Crippen LogP contribution in [0.15, 0.2) is 42.5 Å². The fourth-order valence-corrected chi connectivity index (χ4v) is 3.52. The first kappa shape index (κ1) is 16.0. The van der Waals surface area contributed by atoms with E-state index in [0.717, 1.165) is 28.1 Å². The number of rotatable bonds is 3. The largest absolute Gasteiger partial charge is 0.329 e. The van der Waals surface area contributed by atoms with E-state index in [2.05, 4.69) is 0 Å². The van der Waals surface area contributed by atoms with Gasteiger partial charge < -0.3 is 5.73 Å². The van der Waals surface area contributed by atoms with Gasteiger partial charge in [0.15, 0.2) is 0 Å². The van der Waals surface area contributed by atoms with Crippen molar-refractivity contribution in [1.82, 2.24) is 4.90 Å².